The molecule has 1 fully saturated rings. The monoisotopic (exact) mass is 381 g/mol. The van der Waals surface area contributed by atoms with Crippen molar-refractivity contribution in [3.63, 3.8) is 0 Å². The van der Waals surface area contributed by atoms with Crippen molar-refractivity contribution in [2.75, 3.05) is 6.54 Å². The Morgan fingerprint density at radius 1 is 1.35 bits per heavy atom. The third kappa shape index (κ3) is 6.22. The van der Waals surface area contributed by atoms with Gasteiger partial charge in [-0.3, -0.25) is 4.79 Å². The number of rotatable bonds is 6. The highest BCUT2D eigenvalue weighted by Gasteiger charge is 2.25. The van der Waals surface area contributed by atoms with Crippen molar-refractivity contribution in [1.82, 2.24) is 10.3 Å². The zero-order chi connectivity index (χ0) is 15.2. The van der Waals surface area contributed by atoms with E-state index in [-0.39, 0.29) is 36.8 Å². The predicted octanol–water partition coefficient (Wildman–Crippen LogP) is 3.89. The number of carbonyl (C=O) groups excluding carboxylic acids is 1. The molecule has 0 radical (unpaired) electrons. The number of carbonyl (C=O) groups is 1. The Kier molecular flexibility index (Phi) is 11.1. The molecule has 1 aliphatic carbocycles. The summed E-state index contributed by atoms with van der Waals surface area (Å²) in [7, 11) is 0. The molecule has 0 spiro atoms. The Hall–Kier alpha value is -0.360. The molecule has 1 heterocycles. The van der Waals surface area contributed by atoms with E-state index in [2.05, 4.69) is 17.2 Å². The van der Waals surface area contributed by atoms with Crippen LogP contribution in [0.4, 0.5) is 0 Å². The molecule has 0 aliphatic heterocycles. The molecule has 1 unspecified atom stereocenters. The van der Waals surface area contributed by atoms with E-state index in [1.54, 1.807) is 0 Å². The first-order chi connectivity index (χ1) is 10.2. The molecule has 1 saturated carbocycles. The zero-order valence-corrected chi connectivity index (χ0v) is 16.4. The molecule has 4 nitrogen and oxygen atoms in total. The summed E-state index contributed by atoms with van der Waals surface area (Å²) in [6.07, 6.45) is 8.21. The fraction of sp³-hybridized carbons (Fsp3) is 0.750. The first kappa shape index (κ1) is 22.6. The minimum absolute atomic E-state index is 0. The van der Waals surface area contributed by atoms with Gasteiger partial charge in [-0.05, 0) is 38.5 Å². The average molecular weight is 382 g/mol. The van der Waals surface area contributed by atoms with Gasteiger partial charge in [-0.2, -0.15) is 0 Å². The van der Waals surface area contributed by atoms with Crippen LogP contribution in [0.3, 0.4) is 0 Å². The smallest absolute Gasteiger partial charge is 0.263 e. The number of amides is 1. The topological polar surface area (TPSA) is 68.0 Å². The van der Waals surface area contributed by atoms with Gasteiger partial charge in [-0.15, -0.1) is 36.2 Å². The van der Waals surface area contributed by atoms with Crippen LogP contribution in [0.2, 0.25) is 0 Å². The molecule has 0 bridgehead atoms. The summed E-state index contributed by atoms with van der Waals surface area (Å²) in [5, 5.41) is 4.21. The maximum atomic E-state index is 12.5. The number of nitrogens with one attached hydrogen (secondary N) is 1. The number of hydrogen-bond acceptors (Lipinski definition) is 4. The highest BCUT2D eigenvalue weighted by Crippen LogP contribution is 2.27. The van der Waals surface area contributed by atoms with Crippen LogP contribution in [0.5, 0.6) is 0 Å². The quantitative estimate of drug-likeness (QED) is 0.785. The SMILES string of the molecule is CCCc1nc(C)c(C(=O)NC(CN)C2CCCCC2)s1.Cl.Cl. The molecule has 134 valence electrons. The number of aromatic nitrogens is 1. The molecule has 0 saturated heterocycles. The van der Waals surface area contributed by atoms with Crippen LogP contribution in [0.25, 0.3) is 0 Å². The van der Waals surface area contributed by atoms with Gasteiger partial charge in [-0.1, -0.05) is 26.2 Å². The van der Waals surface area contributed by atoms with Gasteiger partial charge in [0.1, 0.15) is 4.88 Å². The zero-order valence-electron chi connectivity index (χ0n) is 14.0. The largest absolute Gasteiger partial charge is 0.347 e. The van der Waals surface area contributed by atoms with Crippen molar-refractivity contribution in [2.24, 2.45) is 11.7 Å². The summed E-state index contributed by atoms with van der Waals surface area (Å²) in [5.41, 5.74) is 6.74. The number of halogens is 2. The number of aryl methyl sites for hydroxylation is 2. The summed E-state index contributed by atoms with van der Waals surface area (Å²) in [6, 6.07) is 0.105. The van der Waals surface area contributed by atoms with Crippen molar-refractivity contribution >= 4 is 42.1 Å². The first-order valence-electron chi connectivity index (χ1n) is 8.13. The van der Waals surface area contributed by atoms with Crippen molar-refractivity contribution in [3.05, 3.63) is 15.6 Å². The highest BCUT2D eigenvalue weighted by molar-refractivity contribution is 7.13. The highest BCUT2D eigenvalue weighted by atomic mass is 35.5. The molecule has 23 heavy (non-hydrogen) atoms. The normalized spacial score (nSPS) is 16.1. The lowest BCUT2D eigenvalue weighted by Crippen LogP contribution is -2.45. The van der Waals surface area contributed by atoms with Crippen LogP contribution in [0, 0.1) is 12.8 Å². The molecule has 1 amide bonds. The van der Waals surface area contributed by atoms with E-state index in [9.17, 15) is 4.79 Å². The molecular weight excluding hydrogens is 353 g/mol. The van der Waals surface area contributed by atoms with Gasteiger partial charge in [0.15, 0.2) is 0 Å². The summed E-state index contributed by atoms with van der Waals surface area (Å²) in [5.74, 6) is 0.546. The lowest BCUT2D eigenvalue weighted by Gasteiger charge is -2.29. The van der Waals surface area contributed by atoms with Gasteiger partial charge >= 0.3 is 0 Å². The van der Waals surface area contributed by atoms with E-state index in [0.29, 0.717) is 12.5 Å². The minimum Gasteiger partial charge on any atom is -0.347 e. The fourth-order valence-corrected chi connectivity index (χ4v) is 4.19. The van der Waals surface area contributed by atoms with Crippen LogP contribution >= 0.6 is 36.2 Å². The molecular formula is C16H29Cl2N3OS. The van der Waals surface area contributed by atoms with E-state index in [1.165, 1.54) is 43.4 Å². The molecule has 0 aromatic carbocycles. The number of nitrogens with zero attached hydrogens (tertiary/aromatic N) is 1. The van der Waals surface area contributed by atoms with Gasteiger partial charge < -0.3 is 11.1 Å². The molecule has 2 rings (SSSR count). The maximum absolute atomic E-state index is 12.5. The van der Waals surface area contributed by atoms with E-state index in [1.807, 2.05) is 6.92 Å². The average Bonchev–Trinajstić information content (AvgIpc) is 2.86. The second-order valence-corrected chi connectivity index (χ2v) is 7.07. The standard InChI is InChI=1S/C16H27N3OS.2ClH/c1-3-7-14-18-11(2)15(21-14)16(20)19-13(10-17)12-8-5-4-6-9-12;;/h12-13H,3-10,17H2,1-2H3,(H,19,20);2*1H. The van der Waals surface area contributed by atoms with E-state index < -0.39 is 0 Å². The van der Waals surface area contributed by atoms with Crippen molar-refractivity contribution < 1.29 is 4.79 Å². The van der Waals surface area contributed by atoms with Crippen molar-refractivity contribution in [1.29, 1.82) is 0 Å². The molecule has 1 aliphatic rings. The van der Waals surface area contributed by atoms with Crippen molar-refractivity contribution in [2.45, 2.75) is 64.8 Å². The van der Waals surface area contributed by atoms with Crippen LogP contribution in [0.1, 0.15) is 65.8 Å². The number of nitrogens with two attached hydrogens (primary N) is 1. The number of thiazole rings is 1. The lowest BCUT2D eigenvalue weighted by molar-refractivity contribution is 0.0919. The van der Waals surface area contributed by atoms with Crippen LogP contribution in [-0.2, 0) is 6.42 Å². The van der Waals surface area contributed by atoms with Gasteiger partial charge in [-0.25, -0.2) is 4.98 Å². The lowest BCUT2D eigenvalue weighted by atomic mass is 9.84. The molecule has 1 aromatic rings. The second kappa shape index (κ2) is 11.2. The van der Waals surface area contributed by atoms with Crippen LogP contribution in [0.15, 0.2) is 0 Å². The third-order valence-corrected chi connectivity index (χ3v) is 5.52. The number of hydrogen-bond donors (Lipinski definition) is 2. The van der Waals surface area contributed by atoms with Crippen molar-refractivity contribution in [3.8, 4) is 0 Å². The Balaban J connectivity index is 0.00000242. The summed E-state index contributed by atoms with van der Waals surface area (Å²) < 4.78 is 0. The summed E-state index contributed by atoms with van der Waals surface area (Å²) in [4.78, 5) is 17.7. The van der Waals surface area contributed by atoms with E-state index >= 15 is 0 Å². The first-order valence-corrected chi connectivity index (χ1v) is 8.94. The molecule has 1 atom stereocenters. The van der Waals surface area contributed by atoms with E-state index in [4.69, 9.17) is 5.73 Å². The fourth-order valence-electron chi connectivity index (χ4n) is 3.12. The Labute approximate surface area is 155 Å². The maximum Gasteiger partial charge on any atom is 0.263 e. The Morgan fingerprint density at radius 2 is 2.00 bits per heavy atom. The van der Waals surface area contributed by atoms with Crippen LogP contribution in [-0.4, -0.2) is 23.5 Å². The van der Waals surface area contributed by atoms with E-state index in [0.717, 1.165) is 28.4 Å². The molecule has 1 aromatic heterocycles. The predicted molar refractivity (Wildman–Crippen MR) is 102 cm³/mol. The van der Waals surface area contributed by atoms with Gasteiger partial charge in [0.2, 0.25) is 0 Å². The van der Waals surface area contributed by atoms with Crippen LogP contribution < -0.4 is 11.1 Å². The van der Waals surface area contributed by atoms with Gasteiger partial charge in [0.05, 0.1) is 10.7 Å². The second-order valence-electron chi connectivity index (χ2n) is 5.99. The minimum atomic E-state index is 0. The molecule has 3 N–H and O–H groups in total. The Morgan fingerprint density at radius 3 is 2.57 bits per heavy atom. The third-order valence-electron chi connectivity index (χ3n) is 4.30. The molecule has 7 heteroatoms. The Bertz CT molecular complexity index is 476. The summed E-state index contributed by atoms with van der Waals surface area (Å²) in [6.45, 7) is 4.57. The van der Waals surface area contributed by atoms with Gasteiger partial charge in [0.25, 0.3) is 5.91 Å². The van der Waals surface area contributed by atoms with Gasteiger partial charge in [0, 0.05) is 12.6 Å². The summed E-state index contributed by atoms with van der Waals surface area (Å²) >= 11 is 1.53.